The fraction of sp³-hybridized carbons (Fsp3) is 0.500. The third-order valence-corrected chi connectivity index (χ3v) is 5.08. The fourth-order valence-corrected chi connectivity index (χ4v) is 3.30. The number of carbonyl (C=O) groups excluding carboxylic acids is 2. The predicted octanol–water partition coefficient (Wildman–Crippen LogP) is 2.01. The van der Waals surface area contributed by atoms with Gasteiger partial charge in [0.25, 0.3) is 5.91 Å². The van der Waals surface area contributed by atoms with Crippen LogP contribution in [0.15, 0.2) is 24.3 Å². The zero-order chi connectivity index (χ0) is 17.3. The number of hydrogen-bond donors (Lipinski definition) is 1. The largest absolute Gasteiger partial charge is 0.326 e. The molecular weight excluding hydrogens is 304 g/mol. The standard InChI is InChI=1S/C18H22N4O2/c1-13-7-9-21(10-8-13)12-22-16(23)18(2,20-17(22)24)15-5-3-14(11-19)4-6-15/h3-6,13H,7-10,12H2,1-2H3,(H,20,24)/t18-/m1/s1. The molecule has 1 atom stereocenters. The Kier molecular flexibility index (Phi) is 4.29. The predicted molar refractivity (Wildman–Crippen MR) is 88.7 cm³/mol. The third-order valence-electron chi connectivity index (χ3n) is 5.08. The highest BCUT2D eigenvalue weighted by molar-refractivity contribution is 6.07. The summed E-state index contributed by atoms with van der Waals surface area (Å²) in [7, 11) is 0. The number of benzene rings is 1. The van der Waals surface area contributed by atoms with Gasteiger partial charge in [0.2, 0.25) is 0 Å². The van der Waals surface area contributed by atoms with Gasteiger partial charge in [-0.25, -0.2) is 9.69 Å². The number of nitrogens with zero attached hydrogens (tertiary/aromatic N) is 3. The molecule has 6 heteroatoms. The van der Waals surface area contributed by atoms with Crippen LogP contribution in [0.2, 0.25) is 0 Å². The Labute approximate surface area is 142 Å². The summed E-state index contributed by atoms with van der Waals surface area (Å²) in [6.07, 6.45) is 2.19. The van der Waals surface area contributed by atoms with Gasteiger partial charge >= 0.3 is 6.03 Å². The third kappa shape index (κ3) is 2.87. The summed E-state index contributed by atoms with van der Waals surface area (Å²) in [5.41, 5.74) is 0.141. The number of nitrogens with one attached hydrogen (secondary N) is 1. The zero-order valence-electron chi connectivity index (χ0n) is 14.1. The molecule has 1 N–H and O–H groups in total. The van der Waals surface area contributed by atoms with Crippen molar-refractivity contribution in [2.75, 3.05) is 19.8 Å². The summed E-state index contributed by atoms with van der Waals surface area (Å²) in [6, 6.07) is 8.47. The highest BCUT2D eigenvalue weighted by Gasteiger charge is 2.49. The van der Waals surface area contributed by atoms with Crippen molar-refractivity contribution in [3.05, 3.63) is 35.4 Å². The Morgan fingerprint density at radius 3 is 2.46 bits per heavy atom. The van der Waals surface area contributed by atoms with Crippen molar-refractivity contribution in [2.24, 2.45) is 5.92 Å². The summed E-state index contributed by atoms with van der Waals surface area (Å²) < 4.78 is 0. The summed E-state index contributed by atoms with van der Waals surface area (Å²) in [4.78, 5) is 28.7. The van der Waals surface area contributed by atoms with E-state index in [4.69, 9.17) is 5.26 Å². The Balaban J connectivity index is 1.76. The Hall–Kier alpha value is -2.39. The second kappa shape index (κ2) is 6.25. The van der Waals surface area contributed by atoms with Gasteiger partial charge in [0, 0.05) is 13.1 Å². The van der Waals surface area contributed by atoms with Crippen LogP contribution in [0, 0.1) is 17.2 Å². The van der Waals surface area contributed by atoms with Crippen LogP contribution in [0.3, 0.4) is 0 Å². The monoisotopic (exact) mass is 326 g/mol. The van der Waals surface area contributed by atoms with Crippen molar-refractivity contribution in [1.82, 2.24) is 15.1 Å². The Bertz CT molecular complexity index is 686. The maximum absolute atomic E-state index is 12.9. The van der Waals surface area contributed by atoms with Gasteiger partial charge in [0.15, 0.2) is 0 Å². The summed E-state index contributed by atoms with van der Waals surface area (Å²) in [5.74, 6) is 0.462. The van der Waals surface area contributed by atoms with Gasteiger partial charge in [-0.05, 0) is 43.4 Å². The van der Waals surface area contributed by atoms with E-state index in [0.29, 0.717) is 23.7 Å². The topological polar surface area (TPSA) is 76.4 Å². The average molecular weight is 326 g/mol. The van der Waals surface area contributed by atoms with E-state index in [-0.39, 0.29) is 11.9 Å². The summed E-state index contributed by atoms with van der Waals surface area (Å²) >= 11 is 0. The van der Waals surface area contributed by atoms with Crippen LogP contribution in [0.25, 0.3) is 0 Å². The maximum atomic E-state index is 12.9. The molecular formula is C18H22N4O2. The Morgan fingerprint density at radius 1 is 1.25 bits per heavy atom. The Morgan fingerprint density at radius 2 is 1.88 bits per heavy atom. The molecule has 0 aliphatic carbocycles. The first-order valence-corrected chi connectivity index (χ1v) is 8.31. The lowest BCUT2D eigenvalue weighted by Gasteiger charge is -2.32. The van der Waals surface area contributed by atoms with Gasteiger partial charge in [-0.15, -0.1) is 0 Å². The highest BCUT2D eigenvalue weighted by atomic mass is 16.2. The molecule has 0 radical (unpaired) electrons. The van der Waals surface area contributed by atoms with Crippen LogP contribution < -0.4 is 5.32 Å². The lowest BCUT2D eigenvalue weighted by atomic mass is 9.91. The molecule has 2 heterocycles. The molecule has 0 aromatic heterocycles. The zero-order valence-corrected chi connectivity index (χ0v) is 14.1. The highest BCUT2D eigenvalue weighted by Crippen LogP contribution is 2.29. The van der Waals surface area contributed by atoms with E-state index < -0.39 is 5.54 Å². The molecule has 0 bridgehead atoms. The van der Waals surface area contributed by atoms with Gasteiger partial charge in [-0.2, -0.15) is 5.26 Å². The lowest BCUT2D eigenvalue weighted by molar-refractivity contribution is -0.132. The molecule has 2 fully saturated rings. The van der Waals surface area contributed by atoms with Crippen molar-refractivity contribution in [3.8, 4) is 6.07 Å². The molecule has 2 aliphatic rings. The van der Waals surface area contributed by atoms with E-state index in [1.807, 2.05) is 0 Å². The molecule has 24 heavy (non-hydrogen) atoms. The number of rotatable bonds is 3. The molecule has 0 saturated carbocycles. The molecule has 2 aliphatic heterocycles. The normalized spacial score (nSPS) is 25.6. The van der Waals surface area contributed by atoms with Crippen molar-refractivity contribution >= 4 is 11.9 Å². The number of hydrogen-bond acceptors (Lipinski definition) is 4. The number of nitriles is 1. The van der Waals surface area contributed by atoms with E-state index >= 15 is 0 Å². The second-order valence-corrected chi connectivity index (χ2v) is 6.92. The molecule has 2 saturated heterocycles. The quantitative estimate of drug-likeness (QED) is 0.862. The first kappa shape index (κ1) is 16.5. The van der Waals surface area contributed by atoms with E-state index in [1.54, 1.807) is 31.2 Å². The van der Waals surface area contributed by atoms with Crippen LogP contribution in [0.1, 0.15) is 37.8 Å². The minimum absolute atomic E-state index is 0.240. The number of carbonyl (C=O) groups is 2. The molecule has 126 valence electrons. The van der Waals surface area contributed by atoms with Crippen LogP contribution in [-0.4, -0.2) is 41.5 Å². The number of piperidine rings is 1. The van der Waals surface area contributed by atoms with Crippen molar-refractivity contribution in [2.45, 2.75) is 32.2 Å². The van der Waals surface area contributed by atoms with E-state index in [1.165, 1.54) is 4.90 Å². The van der Waals surface area contributed by atoms with Crippen LogP contribution in [0.4, 0.5) is 4.79 Å². The minimum Gasteiger partial charge on any atom is -0.319 e. The van der Waals surface area contributed by atoms with Gasteiger partial charge in [-0.3, -0.25) is 9.69 Å². The van der Waals surface area contributed by atoms with E-state index in [9.17, 15) is 9.59 Å². The van der Waals surface area contributed by atoms with E-state index in [2.05, 4.69) is 23.2 Å². The van der Waals surface area contributed by atoms with Crippen molar-refractivity contribution in [1.29, 1.82) is 5.26 Å². The lowest BCUT2D eigenvalue weighted by Crippen LogP contribution is -2.46. The molecule has 3 rings (SSSR count). The molecule has 6 nitrogen and oxygen atoms in total. The molecule has 0 spiro atoms. The molecule has 0 unspecified atom stereocenters. The SMILES string of the molecule is CC1CCN(CN2C(=O)N[C@](C)(c3ccc(C#N)cc3)C2=O)CC1. The second-order valence-electron chi connectivity index (χ2n) is 6.92. The van der Waals surface area contributed by atoms with Crippen molar-refractivity contribution < 1.29 is 9.59 Å². The smallest absolute Gasteiger partial charge is 0.319 e. The van der Waals surface area contributed by atoms with Crippen molar-refractivity contribution in [3.63, 3.8) is 0 Å². The van der Waals surface area contributed by atoms with Gasteiger partial charge < -0.3 is 5.32 Å². The van der Waals surface area contributed by atoms with Gasteiger partial charge in [0.1, 0.15) is 5.54 Å². The van der Waals surface area contributed by atoms with E-state index in [0.717, 1.165) is 25.9 Å². The van der Waals surface area contributed by atoms with Crippen LogP contribution in [0.5, 0.6) is 0 Å². The van der Waals surface area contributed by atoms with Crippen LogP contribution >= 0.6 is 0 Å². The fourth-order valence-electron chi connectivity index (χ4n) is 3.30. The van der Waals surface area contributed by atoms with Gasteiger partial charge in [-0.1, -0.05) is 19.1 Å². The van der Waals surface area contributed by atoms with Crippen LogP contribution in [-0.2, 0) is 10.3 Å². The maximum Gasteiger partial charge on any atom is 0.326 e. The number of imide groups is 1. The molecule has 1 aromatic carbocycles. The van der Waals surface area contributed by atoms with Gasteiger partial charge in [0.05, 0.1) is 18.3 Å². The first-order chi connectivity index (χ1) is 11.4. The summed E-state index contributed by atoms with van der Waals surface area (Å²) in [5, 5.41) is 11.7. The molecule has 3 amide bonds. The summed E-state index contributed by atoms with van der Waals surface area (Å²) in [6.45, 7) is 6.10. The molecule has 1 aromatic rings. The first-order valence-electron chi connectivity index (χ1n) is 8.31. The minimum atomic E-state index is -1.08. The number of amides is 3. The number of urea groups is 1. The average Bonchev–Trinajstić information content (AvgIpc) is 2.81. The number of likely N-dealkylation sites (tertiary alicyclic amines) is 1.